The molecule has 0 radical (unpaired) electrons. The Morgan fingerprint density at radius 2 is 2.19 bits per heavy atom. The summed E-state index contributed by atoms with van der Waals surface area (Å²) >= 11 is 0. The number of aryl methyl sites for hydroxylation is 1. The number of aromatic amines is 1. The Kier molecular flexibility index (Phi) is 5.53. The quantitative estimate of drug-likeness (QED) is 0.627. The fraction of sp³-hybridized carbons (Fsp3) is 0.471. The largest absolute Gasteiger partial charge is 0.355 e. The molecule has 10 nitrogen and oxygen atoms in total. The number of nitrogens with zero attached hydrogens (tertiary/aromatic N) is 4. The van der Waals surface area contributed by atoms with E-state index in [0.29, 0.717) is 13.0 Å². The fourth-order valence-electron chi connectivity index (χ4n) is 3.18. The number of hydrogen-bond acceptors (Lipinski definition) is 5. The van der Waals surface area contributed by atoms with E-state index in [1.54, 1.807) is 17.1 Å². The van der Waals surface area contributed by atoms with Crippen LogP contribution in [-0.2, 0) is 16.1 Å². The van der Waals surface area contributed by atoms with Crippen molar-refractivity contribution in [1.29, 1.82) is 0 Å². The molecule has 3 N–H and O–H groups in total. The van der Waals surface area contributed by atoms with Gasteiger partial charge in [-0.15, -0.1) is 0 Å². The van der Waals surface area contributed by atoms with Gasteiger partial charge in [-0.05, 0) is 26.3 Å². The third-order valence-electron chi connectivity index (χ3n) is 4.39. The normalized spacial score (nSPS) is 19.1. The smallest absolute Gasteiger partial charge is 0.287 e. The third-order valence-corrected chi connectivity index (χ3v) is 4.39. The van der Waals surface area contributed by atoms with Gasteiger partial charge < -0.3 is 20.5 Å². The van der Waals surface area contributed by atoms with Crippen LogP contribution in [0, 0.1) is 6.92 Å². The number of H-pyrrole nitrogens is 1. The summed E-state index contributed by atoms with van der Waals surface area (Å²) in [6.07, 6.45) is 5.12. The van der Waals surface area contributed by atoms with E-state index in [-0.39, 0.29) is 42.7 Å². The molecular formula is C17H23N7O3. The molecule has 1 aliphatic heterocycles. The van der Waals surface area contributed by atoms with Crippen molar-refractivity contribution in [3.8, 4) is 0 Å². The first-order chi connectivity index (χ1) is 13.0. The summed E-state index contributed by atoms with van der Waals surface area (Å²) in [7, 11) is 0. The lowest BCUT2D eigenvalue weighted by molar-refractivity contribution is -0.139. The summed E-state index contributed by atoms with van der Waals surface area (Å²) in [6.45, 7) is 4.44. The van der Waals surface area contributed by atoms with E-state index in [4.69, 9.17) is 0 Å². The molecule has 10 heteroatoms. The molecule has 3 heterocycles. The van der Waals surface area contributed by atoms with E-state index in [1.165, 1.54) is 11.1 Å². The number of aromatic nitrogens is 4. The molecule has 3 amide bonds. The average molecular weight is 373 g/mol. The predicted molar refractivity (Wildman–Crippen MR) is 95.6 cm³/mol. The first kappa shape index (κ1) is 18.6. The first-order valence-corrected chi connectivity index (χ1v) is 8.85. The molecule has 0 aromatic carbocycles. The van der Waals surface area contributed by atoms with Gasteiger partial charge in [0, 0.05) is 37.7 Å². The highest BCUT2D eigenvalue weighted by atomic mass is 16.2. The number of amides is 3. The van der Waals surface area contributed by atoms with Gasteiger partial charge in [0.15, 0.2) is 5.82 Å². The van der Waals surface area contributed by atoms with Gasteiger partial charge in [-0.3, -0.25) is 19.1 Å². The van der Waals surface area contributed by atoms with Crippen LogP contribution in [0.1, 0.15) is 29.7 Å². The highest BCUT2D eigenvalue weighted by Crippen LogP contribution is 2.19. The van der Waals surface area contributed by atoms with Crippen molar-refractivity contribution in [2.24, 2.45) is 0 Å². The SMILES string of the molecule is CCNC(=O)[C@@H]1C[C@H](NC(=O)c2ncc[nH]2)CN1C(=O)Cn1ccc(C)n1. The van der Waals surface area contributed by atoms with Crippen LogP contribution < -0.4 is 10.6 Å². The van der Waals surface area contributed by atoms with Gasteiger partial charge in [-0.25, -0.2) is 4.98 Å². The number of hydrogen-bond donors (Lipinski definition) is 3. The second kappa shape index (κ2) is 8.02. The van der Waals surface area contributed by atoms with Crippen molar-refractivity contribution in [1.82, 2.24) is 35.3 Å². The number of carbonyl (C=O) groups excluding carboxylic acids is 3. The lowest BCUT2D eigenvalue weighted by atomic mass is 10.1. The van der Waals surface area contributed by atoms with Crippen LogP contribution in [0.4, 0.5) is 0 Å². The first-order valence-electron chi connectivity index (χ1n) is 8.85. The molecular weight excluding hydrogens is 350 g/mol. The number of likely N-dealkylation sites (tertiary alicyclic amines) is 1. The van der Waals surface area contributed by atoms with Gasteiger partial charge in [-0.1, -0.05) is 0 Å². The zero-order valence-corrected chi connectivity index (χ0v) is 15.3. The summed E-state index contributed by atoms with van der Waals surface area (Å²) in [5.74, 6) is -0.612. The van der Waals surface area contributed by atoms with Crippen molar-refractivity contribution in [3.05, 3.63) is 36.2 Å². The van der Waals surface area contributed by atoms with Gasteiger partial charge in [0.1, 0.15) is 12.6 Å². The maximum Gasteiger partial charge on any atom is 0.287 e. The predicted octanol–water partition coefficient (Wildman–Crippen LogP) is -0.550. The standard InChI is InChI=1S/C17H23N7O3/c1-3-18-16(26)13-8-12(21-17(27)15-19-5-6-20-15)9-24(13)14(25)10-23-7-4-11(2)22-23/h4-7,12-13H,3,8-10H2,1-2H3,(H,18,26)(H,19,20)(H,21,27)/t12-,13-/m0/s1. The monoisotopic (exact) mass is 373 g/mol. The molecule has 2 atom stereocenters. The van der Waals surface area contributed by atoms with Gasteiger partial charge in [0.2, 0.25) is 11.8 Å². The molecule has 0 unspecified atom stereocenters. The van der Waals surface area contributed by atoms with Crippen molar-refractivity contribution in [2.75, 3.05) is 13.1 Å². The minimum absolute atomic E-state index is 0.0442. The van der Waals surface area contributed by atoms with E-state index >= 15 is 0 Å². The molecule has 2 aromatic rings. The molecule has 0 bridgehead atoms. The molecule has 3 rings (SSSR count). The summed E-state index contributed by atoms with van der Waals surface area (Å²) < 4.78 is 1.54. The van der Waals surface area contributed by atoms with Crippen LogP contribution in [0.3, 0.4) is 0 Å². The molecule has 1 saturated heterocycles. The second-order valence-electron chi connectivity index (χ2n) is 6.46. The van der Waals surface area contributed by atoms with Gasteiger partial charge in [0.05, 0.1) is 5.69 Å². The second-order valence-corrected chi connectivity index (χ2v) is 6.46. The topological polar surface area (TPSA) is 125 Å². The Bertz CT molecular complexity index is 814. The molecule has 0 saturated carbocycles. The van der Waals surface area contributed by atoms with Crippen molar-refractivity contribution < 1.29 is 14.4 Å². The Hall–Kier alpha value is -3.17. The van der Waals surface area contributed by atoms with E-state index in [9.17, 15) is 14.4 Å². The molecule has 144 valence electrons. The number of imidazole rings is 1. The van der Waals surface area contributed by atoms with Gasteiger partial charge in [-0.2, -0.15) is 5.10 Å². The Morgan fingerprint density at radius 1 is 1.37 bits per heavy atom. The summed E-state index contributed by atoms with van der Waals surface area (Å²) in [5, 5.41) is 9.80. The van der Waals surface area contributed by atoms with E-state index in [1.807, 2.05) is 19.9 Å². The maximum atomic E-state index is 12.8. The highest BCUT2D eigenvalue weighted by molar-refractivity contribution is 5.91. The minimum Gasteiger partial charge on any atom is -0.355 e. The van der Waals surface area contributed by atoms with Crippen LogP contribution in [-0.4, -0.2) is 67.5 Å². The Labute approximate surface area is 156 Å². The Balaban J connectivity index is 1.70. The summed E-state index contributed by atoms with van der Waals surface area (Å²) in [5.41, 5.74) is 0.813. The number of carbonyl (C=O) groups is 3. The van der Waals surface area contributed by atoms with Crippen LogP contribution in [0.25, 0.3) is 0 Å². The lowest BCUT2D eigenvalue weighted by Gasteiger charge is -2.23. The molecule has 1 aliphatic rings. The number of likely N-dealkylation sites (N-methyl/N-ethyl adjacent to an activating group) is 1. The zero-order chi connectivity index (χ0) is 19.4. The lowest BCUT2D eigenvalue weighted by Crippen LogP contribution is -2.47. The summed E-state index contributed by atoms with van der Waals surface area (Å²) in [6, 6.07) is 0.847. The van der Waals surface area contributed by atoms with Crippen LogP contribution in [0.15, 0.2) is 24.7 Å². The summed E-state index contributed by atoms with van der Waals surface area (Å²) in [4.78, 5) is 45.6. The van der Waals surface area contributed by atoms with Crippen LogP contribution in [0.2, 0.25) is 0 Å². The maximum absolute atomic E-state index is 12.8. The van der Waals surface area contributed by atoms with Crippen molar-refractivity contribution in [3.63, 3.8) is 0 Å². The van der Waals surface area contributed by atoms with E-state index in [0.717, 1.165) is 5.69 Å². The highest BCUT2D eigenvalue weighted by Gasteiger charge is 2.40. The Morgan fingerprint density at radius 3 is 2.81 bits per heavy atom. The molecule has 0 aliphatic carbocycles. The van der Waals surface area contributed by atoms with Gasteiger partial charge >= 0.3 is 0 Å². The molecule has 1 fully saturated rings. The van der Waals surface area contributed by atoms with Crippen molar-refractivity contribution >= 4 is 17.7 Å². The number of nitrogens with one attached hydrogen (secondary N) is 3. The minimum atomic E-state index is -0.629. The van der Waals surface area contributed by atoms with E-state index in [2.05, 4.69) is 25.7 Å². The van der Waals surface area contributed by atoms with E-state index < -0.39 is 6.04 Å². The van der Waals surface area contributed by atoms with Gasteiger partial charge in [0.25, 0.3) is 5.91 Å². The van der Waals surface area contributed by atoms with Crippen LogP contribution >= 0.6 is 0 Å². The zero-order valence-electron chi connectivity index (χ0n) is 15.3. The third kappa shape index (κ3) is 4.33. The molecule has 2 aromatic heterocycles. The molecule has 27 heavy (non-hydrogen) atoms. The molecule has 0 spiro atoms. The van der Waals surface area contributed by atoms with Crippen LogP contribution in [0.5, 0.6) is 0 Å². The average Bonchev–Trinajstić information content (AvgIpc) is 3.35. The number of rotatable bonds is 6. The fourth-order valence-corrected chi connectivity index (χ4v) is 3.18. The van der Waals surface area contributed by atoms with Crippen molar-refractivity contribution in [2.45, 2.75) is 38.9 Å².